The fourth-order valence-electron chi connectivity index (χ4n) is 2.24. The standard InChI is InChI=1S/C13H17N3/c1-9-5-6-12(10(7-9)8-14)16-13-4-2-3-11(13)15/h5-7,11,13,16H,2-4,15H2,1H3. The van der Waals surface area contributed by atoms with Crippen LogP contribution in [0, 0.1) is 18.3 Å². The Morgan fingerprint density at radius 3 is 2.88 bits per heavy atom. The van der Waals surface area contributed by atoms with Crippen molar-refractivity contribution in [3.63, 3.8) is 0 Å². The fraction of sp³-hybridized carbons (Fsp3) is 0.462. The average Bonchev–Trinajstić information content (AvgIpc) is 2.67. The van der Waals surface area contributed by atoms with Gasteiger partial charge in [0.25, 0.3) is 0 Å². The Labute approximate surface area is 96.3 Å². The molecule has 0 bridgehead atoms. The molecule has 84 valence electrons. The molecule has 3 heteroatoms. The van der Waals surface area contributed by atoms with Gasteiger partial charge in [-0.1, -0.05) is 6.07 Å². The topological polar surface area (TPSA) is 61.8 Å². The molecule has 2 rings (SSSR count). The quantitative estimate of drug-likeness (QED) is 0.794. The lowest BCUT2D eigenvalue weighted by molar-refractivity contribution is 0.638. The van der Waals surface area contributed by atoms with Crippen molar-refractivity contribution in [3.8, 4) is 6.07 Å². The third-order valence-corrected chi connectivity index (χ3v) is 3.21. The molecule has 1 aromatic rings. The molecule has 1 aliphatic rings. The van der Waals surface area contributed by atoms with Gasteiger partial charge in [-0.25, -0.2) is 0 Å². The number of nitriles is 1. The van der Waals surface area contributed by atoms with Crippen molar-refractivity contribution < 1.29 is 0 Å². The maximum absolute atomic E-state index is 9.06. The van der Waals surface area contributed by atoms with Gasteiger partial charge < -0.3 is 11.1 Å². The van der Waals surface area contributed by atoms with Gasteiger partial charge in [-0.3, -0.25) is 0 Å². The van der Waals surface area contributed by atoms with Gasteiger partial charge in [-0.05, 0) is 43.9 Å². The Hall–Kier alpha value is -1.53. The van der Waals surface area contributed by atoms with Crippen molar-refractivity contribution in [2.75, 3.05) is 5.32 Å². The van der Waals surface area contributed by atoms with Gasteiger partial charge in [-0.15, -0.1) is 0 Å². The zero-order valence-corrected chi connectivity index (χ0v) is 9.53. The van der Waals surface area contributed by atoms with E-state index in [0.717, 1.165) is 24.1 Å². The number of hydrogen-bond donors (Lipinski definition) is 2. The van der Waals surface area contributed by atoms with Gasteiger partial charge in [0, 0.05) is 12.1 Å². The first-order chi connectivity index (χ1) is 7.70. The summed E-state index contributed by atoms with van der Waals surface area (Å²) in [5, 5.41) is 12.5. The molecule has 0 amide bonds. The highest BCUT2D eigenvalue weighted by molar-refractivity contribution is 5.59. The average molecular weight is 215 g/mol. The first-order valence-electron chi connectivity index (χ1n) is 5.73. The van der Waals surface area contributed by atoms with Crippen LogP contribution in [0.5, 0.6) is 0 Å². The molecule has 1 saturated carbocycles. The monoisotopic (exact) mass is 215 g/mol. The van der Waals surface area contributed by atoms with Crippen LogP contribution < -0.4 is 11.1 Å². The van der Waals surface area contributed by atoms with Crippen LogP contribution in [-0.4, -0.2) is 12.1 Å². The highest BCUT2D eigenvalue weighted by Crippen LogP contribution is 2.24. The summed E-state index contributed by atoms with van der Waals surface area (Å²) in [6.45, 7) is 1.99. The Kier molecular flexibility index (Phi) is 3.12. The number of rotatable bonds is 2. The van der Waals surface area contributed by atoms with Crippen molar-refractivity contribution in [3.05, 3.63) is 29.3 Å². The lowest BCUT2D eigenvalue weighted by Crippen LogP contribution is -2.35. The van der Waals surface area contributed by atoms with Gasteiger partial charge in [0.1, 0.15) is 6.07 Å². The van der Waals surface area contributed by atoms with E-state index in [4.69, 9.17) is 11.0 Å². The molecule has 16 heavy (non-hydrogen) atoms. The van der Waals surface area contributed by atoms with Crippen molar-refractivity contribution in [2.45, 2.75) is 38.3 Å². The van der Waals surface area contributed by atoms with E-state index < -0.39 is 0 Å². The van der Waals surface area contributed by atoms with Crippen LogP contribution in [0.4, 0.5) is 5.69 Å². The minimum absolute atomic E-state index is 0.216. The molecule has 0 radical (unpaired) electrons. The molecule has 0 spiro atoms. The highest BCUT2D eigenvalue weighted by Gasteiger charge is 2.24. The van der Waals surface area contributed by atoms with Crippen molar-refractivity contribution in [2.24, 2.45) is 5.73 Å². The van der Waals surface area contributed by atoms with E-state index in [2.05, 4.69) is 11.4 Å². The van der Waals surface area contributed by atoms with Crippen LogP contribution >= 0.6 is 0 Å². The number of nitrogens with one attached hydrogen (secondary N) is 1. The third kappa shape index (κ3) is 2.17. The van der Waals surface area contributed by atoms with E-state index in [1.807, 2.05) is 25.1 Å². The lowest BCUT2D eigenvalue weighted by Gasteiger charge is -2.19. The summed E-state index contributed by atoms with van der Waals surface area (Å²) >= 11 is 0. The second-order valence-corrected chi connectivity index (χ2v) is 4.51. The summed E-state index contributed by atoms with van der Waals surface area (Å²) in [5.41, 5.74) is 8.73. The Morgan fingerprint density at radius 1 is 1.44 bits per heavy atom. The molecule has 0 saturated heterocycles. The molecular formula is C13H17N3. The third-order valence-electron chi connectivity index (χ3n) is 3.21. The van der Waals surface area contributed by atoms with E-state index in [1.165, 1.54) is 6.42 Å². The van der Waals surface area contributed by atoms with Crippen molar-refractivity contribution in [1.29, 1.82) is 5.26 Å². The normalized spacial score (nSPS) is 24.1. The van der Waals surface area contributed by atoms with Gasteiger partial charge in [0.05, 0.1) is 11.3 Å². The van der Waals surface area contributed by atoms with Crippen LogP contribution in [0.2, 0.25) is 0 Å². The van der Waals surface area contributed by atoms with E-state index in [-0.39, 0.29) is 6.04 Å². The van der Waals surface area contributed by atoms with Gasteiger partial charge >= 0.3 is 0 Å². The number of nitrogens with two attached hydrogens (primary N) is 1. The largest absolute Gasteiger partial charge is 0.380 e. The smallest absolute Gasteiger partial charge is 0.101 e. The van der Waals surface area contributed by atoms with Crippen molar-refractivity contribution >= 4 is 5.69 Å². The summed E-state index contributed by atoms with van der Waals surface area (Å²) in [5.74, 6) is 0. The summed E-state index contributed by atoms with van der Waals surface area (Å²) < 4.78 is 0. The molecule has 2 unspecified atom stereocenters. The Bertz CT molecular complexity index is 420. The molecule has 0 aliphatic heterocycles. The minimum Gasteiger partial charge on any atom is -0.380 e. The van der Waals surface area contributed by atoms with Crippen LogP contribution in [0.3, 0.4) is 0 Å². The molecular weight excluding hydrogens is 198 g/mol. The summed E-state index contributed by atoms with van der Waals surface area (Å²) in [6, 6.07) is 8.65. The predicted octanol–water partition coefficient (Wildman–Crippen LogP) is 2.16. The summed E-state index contributed by atoms with van der Waals surface area (Å²) in [6.07, 6.45) is 3.35. The molecule has 0 heterocycles. The van der Waals surface area contributed by atoms with E-state index >= 15 is 0 Å². The zero-order chi connectivity index (χ0) is 11.5. The van der Waals surface area contributed by atoms with E-state index in [9.17, 15) is 0 Å². The Morgan fingerprint density at radius 2 is 2.25 bits per heavy atom. The van der Waals surface area contributed by atoms with Crippen LogP contribution in [0.1, 0.15) is 30.4 Å². The molecule has 3 N–H and O–H groups in total. The second kappa shape index (κ2) is 4.54. The highest BCUT2D eigenvalue weighted by atomic mass is 15.0. The maximum atomic E-state index is 9.06. The first kappa shape index (κ1) is 11.0. The molecule has 1 aliphatic carbocycles. The lowest BCUT2D eigenvalue weighted by atomic mass is 10.1. The number of aryl methyl sites for hydroxylation is 1. The number of hydrogen-bond acceptors (Lipinski definition) is 3. The maximum Gasteiger partial charge on any atom is 0.101 e. The molecule has 3 nitrogen and oxygen atoms in total. The molecule has 0 aromatic heterocycles. The number of nitrogens with zero attached hydrogens (tertiary/aromatic N) is 1. The zero-order valence-electron chi connectivity index (χ0n) is 9.53. The van der Waals surface area contributed by atoms with Crippen LogP contribution in [0.15, 0.2) is 18.2 Å². The summed E-state index contributed by atoms with van der Waals surface area (Å²) in [4.78, 5) is 0. The van der Waals surface area contributed by atoms with E-state index in [0.29, 0.717) is 11.6 Å². The van der Waals surface area contributed by atoms with Gasteiger partial charge in [0.2, 0.25) is 0 Å². The SMILES string of the molecule is Cc1ccc(NC2CCCC2N)c(C#N)c1. The first-order valence-corrected chi connectivity index (χ1v) is 5.73. The molecule has 1 fully saturated rings. The van der Waals surface area contributed by atoms with E-state index in [1.54, 1.807) is 0 Å². The fourth-order valence-corrected chi connectivity index (χ4v) is 2.24. The minimum atomic E-state index is 0.216. The van der Waals surface area contributed by atoms with Gasteiger partial charge in [-0.2, -0.15) is 5.26 Å². The van der Waals surface area contributed by atoms with Gasteiger partial charge in [0.15, 0.2) is 0 Å². The van der Waals surface area contributed by atoms with Crippen LogP contribution in [-0.2, 0) is 0 Å². The molecule has 2 atom stereocenters. The number of anilines is 1. The summed E-state index contributed by atoms with van der Waals surface area (Å²) in [7, 11) is 0. The Balaban J connectivity index is 2.18. The van der Waals surface area contributed by atoms with Crippen molar-refractivity contribution in [1.82, 2.24) is 0 Å². The predicted molar refractivity (Wildman–Crippen MR) is 65.1 cm³/mol. The van der Waals surface area contributed by atoms with Crippen LogP contribution in [0.25, 0.3) is 0 Å². The second-order valence-electron chi connectivity index (χ2n) is 4.51. The molecule has 1 aromatic carbocycles. The number of benzene rings is 1.